The van der Waals surface area contributed by atoms with Crippen LogP contribution in [0.5, 0.6) is 11.5 Å². The third-order valence-electron chi connectivity index (χ3n) is 4.34. The van der Waals surface area contributed by atoms with Gasteiger partial charge in [-0.15, -0.1) is 0 Å². The number of urea groups is 1. The Labute approximate surface area is 197 Å². The molecule has 0 aliphatic carbocycles. The maximum Gasteiger partial charge on any atom is 0.446 e. The van der Waals surface area contributed by atoms with Gasteiger partial charge in [-0.2, -0.15) is 13.2 Å². The van der Waals surface area contributed by atoms with Gasteiger partial charge in [0, 0.05) is 35.5 Å². The molecule has 12 heteroatoms. The molecule has 0 bridgehead atoms. The van der Waals surface area contributed by atoms with Crippen LogP contribution in [0.4, 0.5) is 29.3 Å². The van der Waals surface area contributed by atoms with Gasteiger partial charge in [0.2, 0.25) is 0 Å². The van der Waals surface area contributed by atoms with Crippen molar-refractivity contribution in [1.29, 1.82) is 0 Å². The Morgan fingerprint density at radius 3 is 2.56 bits per heavy atom. The molecule has 3 rings (SSSR count). The molecule has 8 nitrogen and oxygen atoms in total. The molecule has 0 spiro atoms. The number of hydrogen-bond donors (Lipinski definition) is 4. The standard InChI is InChI=1S/C22H20F3N5O3S/c1-13-17(7-4-8-19(13)33-15-9-10-27-18(12-15)20(31)26-2)29-30-21(32)28-14-5-3-6-16(11-14)34-22(23,24)25/h3-12,29H,1-2H3,(H,26,31)(H2,28,30,32). The van der Waals surface area contributed by atoms with Crippen LogP contribution < -0.4 is 26.2 Å². The maximum absolute atomic E-state index is 12.5. The third kappa shape index (κ3) is 7.04. The van der Waals surface area contributed by atoms with Crippen LogP contribution in [0.15, 0.2) is 65.7 Å². The van der Waals surface area contributed by atoms with Gasteiger partial charge >= 0.3 is 11.5 Å². The molecular formula is C22H20F3N5O3S. The quantitative estimate of drug-likeness (QED) is 0.264. The minimum Gasteiger partial charge on any atom is -0.457 e. The number of halogens is 3. The Bertz CT molecular complexity index is 1190. The van der Waals surface area contributed by atoms with E-state index in [1.54, 1.807) is 31.2 Å². The Morgan fingerprint density at radius 1 is 1.06 bits per heavy atom. The number of ether oxygens (including phenoxy) is 1. The van der Waals surface area contributed by atoms with Crippen LogP contribution >= 0.6 is 11.8 Å². The first-order chi connectivity index (χ1) is 16.1. The largest absolute Gasteiger partial charge is 0.457 e. The molecule has 0 atom stereocenters. The van der Waals surface area contributed by atoms with Gasteiger partial charge in [0.05, 0.1) is 5.69 Å². The summed E-state index contributed by atoms with van der Waals surface area (Å²) in [6.45, 7) is 1.76. The van der Waals surface area contributed by atoms with Gasteiger partial charge < -0.3 is 15.4 Å². The monoisotopic (exact) mass is 491 g/mol. The van der Waals surface area contributed by atoms with Crippen molar-refractivity contribution in [3.63, 3.8) is 0 Å². The first-order valence-corrected chi connectivity index (χ1v) is 10.6. The lowest BCUT2D eigenvalue weighted by atomic mass is 10.2. The number of hydrogen-bond acceptors (Lipinski definition) is 6. The third-order valence-corrected chi connectivity index (χ3v) is 5.06. The van der Waals surface area contributed by atoms with E-state index in [9.17, 15) is 22.8 Å². The van der Waals surface area contributed by atoms with Crippen molar-refractivity contribution in [2.45, 2.75) is 17.3 Å². The van der Waals surface area contributed by atoms with E-state index in [1.165, 1.54) is 43.6 Å². The molecule has 4 N–H and O–H groups in total. The number of alkyl halides is 3. The Kier molecular flexibility index (Phi) is 7.84. The summed E-state index contributed by atoms with van der Waals surface area (Å²) in [6.07, 6.45) is 1.45. The summed E-state index contributed by atoms with van der Waals surface area (Å²) in [5.41, 5.74) is 2.33. The average molecular weight is 491 g/mol. The van der Waals surface area contributed by atoms with Gasteiger partial charge in [-0.3, -0.25) is 20.6 Å². The molecule has 2 aromatic carbocycles. The maximum atomic E-state index is 12.5. The highest BCUT2D eigenvalue weighted by atomic mass is 32.2. The Hall–Kier alpha value is -3.93. The zero-order chi connectivity index (χ0) is 24.7. The van der Waals surface area contributed by atoms with Gasteiger partial charge in [-0.05, 0) is 55.1 Å². The number of pyridine rings is 1. The van der Waals surface area contributed by atoms with Gasteiger partial charge in [-0.25, -0.2) is 4.79 Å². The first-order valence-electron chi connectivity index (χ1n) is 9.79. The molecule has 0 saturated carbocycles. The fourth-order valence-electron chi connectivity index (χ4n) is 2.77. The lowest BCUT2D eigenvalue weighted by Crippen LogP contribution is -2.33. The molecule has 0 aliphatic rings. The van der Waals surface area contributed by atoms with E-state index in [0.29, 0.717) is 22.7 Å². The van der Waals surface area contributed by atoms with E-state index >= 15 is 0 Å². The molecule has 0 saturated heterocycles. The Balaban J connectivity index is 1.63. The van der Waals surface area contributed by atoms with Gasteiger partial charge in [0.15, 0.2) is 0 Å². The number of benzene rings is 2. The molecule has 0 unspecified atom stereocenters. The molecule has 1 heterocycles. The second-order valence-corrected chi connectivity index (χ2v) is 7.90. The van der Waals surface area contributed by atoms with Crippen LogP contribution in [0, 0.1) is 6.92 Å². The zero-order valence-electron chi connectivity index (χ0n) is 18.0. The summed E-state index contributed by atoms with van der Waals surface area (Å²) in [5.74, 6) is 0.518. The van der Waals surface area contributed by atoms with Crippen LogP contribution in [0.2, 0.25) is 0 Å². The van der Waals surface area contributed by atoms with E-state index < -0.39 is 11.5 Å². The van der Waals surface area contributed by atoms with Crippen LogP contribution in [0.25, 0.3) is 0 Å². The molecule has 178 valence electrons. The highest BCUT2D eigenvalue weighted by Crippen LogP contribution is 2.37. The fraction of sp³-hybridized carbons (Fsp3) is 0.136. The number of carbonyl (C=O) groups is 2. The van der Waals surface area contributed by atoms with Crippen molar-refractivity contribution in [3.05, 3.63) is 72.1 Å². The fourth-order valence-corrected chi connectivity index (χ4v) is 3.37. The van der Waals surface area contributed by atoms with E-state index in [1.807, 2.05) is 0 Å². The number of carbonyl (C=O) groups excluding carboxylic acids is 2. The number of amides is 3. The first kappa shape index (κ1) is 24.7. The molecule has 1 aromatic heterocycles. The van der Waals surface area contributed by atoms with Gasteiger partial charge in [0.1, 0.15) is 17.2 Å². The SMILES string of the molecule is CNC(=O)c1cc(Oc2cccc(NNC(=O)Nc3cccc(SC(F)(F)F)c3)c2C)ccn1. The second-order valence-electron chi connectivity index (χ2n) is 6.77. The topological polar surface area (TPSA) is 104 Å². The highest BCUT2D eigenvalue weighted by molar-refractivity contribution is 8.00. The van der Waals surface area contributed by atoms with Gasteiger partial charge in [0.25, 0.3) is 5.91 Å². The molecule has 3 aromatic rings. The van der Waals surface area contributed by atoms with Crippen molar-refractivity contribution < 1.29 is 27.5 Å². The summed E-state index contributed by atoms with van der Waals surface area (Å²) in [4.78, 5) is 27.9. The predicted molar refractivity (Wildman–Crippen MR) is 123 cm³/mol. The van der Waals surface area contributed by atoms with Crippen LogP contribution in [-0.4, -0.2) is 29.5 Å². The zero-order valence-corrected chi connectivity index (χ0v) is 18.8. The summed E-state index contributed by atoms with van der Waals surface area (Å²) in [5, 5.41) is 4.95. The lowest BCUT2D eigenvalue weighted by molar-refractivity contribution is -0.0328. The molecule has 0 aliphatic heterocycles. The number of rotatable bonds is 7. The molecule has 34 heavy (non-hydrogen) atoms. The van der Waals surface area contributed by atoms with Crippen molar-refractivity contribution in [3.8, 4) is 11.5 Å². The van der Waals surface area contributed by atoms with E-state index in [-0.39, 0.29) is 33.9 Å². The summed E-state index contributed by atoms with van der Waals surface area (Å²) >= 11 is -0.267. The number of hydrazine groups is 1. The number of thioether (sulfide) groups is 1. The summed E-state index contributed by atoms with van der Waals surface area (Å²) in [7, 11) is 1.50. The normalized spacial score (nSPS) is 10.9. The van der Waals surface area contributed by atoms with E-state index in [0.717, 1.165) is 0 Å². The number of aromatic nitrogens is 1. The summed E-state index contributed by atoms with van der Waals surface area (Å²) < 4.78 is 43.5. The van der Waals surface area contributed by atoms with Crippen molar-refractivity contribution in [1.82, 2.24) is 15.7 Å². The van der Waals surface area contributed by atoms with Crippen LogP contribution in [-0.2, 0) is 0 Å². The van der Waals surface area contributed by atoms with Crippen molar-refractivity contribution in [2.24, 2.45) is 0 Å². The van der Waals surface area contributed by atoms with Crippen molar-refractivity contribution in [2.75, 3.05) is 17.8 Å². The lowest BCUT2D eigenvalue weighted by Gasteiger charge is -2.15. The van der Waals surface area contributed by atoms with E-state index in [2.05, 4.69) is 26.5 Å². The van der Waals surface area contributed by atoms with E-state index in [4.69, 9.17) is 4.74 Å². The average Bonchev–Trinajstić information content (AvgIpc) is 2.78. The molecule has 3 amide bonds. The molecule has 0 fully saturated rings. The van der Waals surface area contributed by atoms with Crippen LogP contribution in [0.1, 0.15) is 16.1 Å². The predicted octanol–water partition coefficient (Wildman–Crippen LogP) is 5.30. The van der Waals surface area contributed by atoms with Crippen LogP contribution in [0.3, 0.4) is 0 Å². The van der Waals surface area contributed by atoms with Crippen molar-refractivity contribution >= 4 is 35.1 Å². The summed E-state index contributed by atoms with van der Waals surface area (Å²) in [6, 6.07) is 12.9. The van der Waals surface area contributed by atoms with Gasteiger partial charge in [-0.1, -0.05) is 12.1 Å². The number of anilines is 2. The molecule has 0 radical (unpaired) electrons. The smallest absolute Gasteiger partial charge is 0.446 e. The highest BCUT2D eigenvalue weighted by Gasteiger charge is 2.29. The number of nitrogens with one attached hydrogen (secondary N) is 4. The molecular weight excluding hydrogens is 471 g/mol. The second kappa shape index (κ2) is 10.8. The minimum absolute atomic E-state index is 0.0466. The Morgan fingerprint density at radius 2 is 1.82 bits per heavy atom. The number of nitrogens with zero attached hydrogens (tertiary/aromatic N) is 1. The minimum atomic E-state index is -4.42.